The lowest BCUT2D eigenvalue weighted by Crippen LogP contribution is -1.98. The van der Waals surface area contributed by atoms with Crippen molar-refractivity contribution in [2.24, 2.45) is 0 Å². The van der Waals surface area contributed by atoms with E-state index in [1.165, 1.54) is 22.5 Å². The minimum atomic E-state index is -0.746. The van der Waals surface area contributed by atoms with Crippen LogP contribution in [0.5, 0.6) is 0 Å². The Morgan fingerprint density at radius 1 is 1.09 bits per heavy atom. The second-order valence-corrected chi connectivity index (χ2v) is 6.65. The molecule has 22 heavy (non-hydrogen) atoms. The molecule has 0 spiro atoms. The van der Waals surface area contributed by atoms with E-state index in [1.54, 1.807) is 12.1 Å². The SMILES string of the molecule is Cc1ccc(-c2csc(C(O)c3cccc(Cl)c3)n2)cc1C. The fourth-order valence-electron chi connectivity index (χ4n) is 2.27. The highest BCUT2D eigenvalue weighted by molar-refractivity contribution is 7.10. The summed E-state index contributed by atoms with van der Waals surface area (Å²) in [5.74, 6) is 0. The summed E-state index contributed by atoms with van der Waals surface area (Å²) in [5.41, 5.74) is 5.22. The molecule has 0 radical (unpaired) electrons. The molecule has 1 heterocycles. The van der Waals surface area contributed by atoms with E-state index in [4.69, 9.17) is 11.6 Å². The van der Waals surface area contributed by atoms with E-state index < -0.39 is 6.10 Å². The maximum absolute atomic E-state index is 10.5. The van der Waals surface area contributed by atoms with E-state index in [0.717, 1.165) is 16.8 Å². The third-order valence-electron chi connectivity index (χ3n) is 3.72. The van der Waals surface area contributed by atoms with E-state index in [2.05, 4.69) is 37.0 Å². The first-order chi connectivity index (χ1) is 10.5. The van der Waals surface area contributed by atoms with Gasteiger partial charge in [0.25, 0.3) is 0 Å². The molecule has 112 valence electrons. The summed E-state index contributed by atoms with van der Waals surface area (Å²) >= 11 is 7.44. The second-order valence-electron chi connectivity index (χ2n) is 5.33. The molecule has 1 N–H and O–H groups in total. The van der Waals surface area contributed by atoms with Gasteiger partial charge in [-0.2, -0.15) is 0 Å². The van der Waals surface area contributed by atoms with Gasteiger partial charge in [0, 0.05) is 16.0 Å². The zero-order valence-corrected chi connectivity index (χ0v) is 13.9. The number of hydrogen-bond donors (Lipinski definition) is 1. The fourth-order valence-corrected chi connectivity index (χ4v) is 3.30. The Balaban J connectivity index is 1.91. The van der Waals surface area contributed by atoms with Crippen LogP contribution in [0.2, 0.25) is 5.02 Å². The third kappa shape index (κ3) is 3.07. The molecule has 1 unspecified atom stereocenters. The summed E-state index contributed by atoms with van der Waals surface area (Å²) in [4.78, 5) is 4.58. The van der Waals surface area contributed by atoms with Crippen molar-refractivity contribution in [3.63, 3.8) is 0 Å². The molecule has 0 bridgehead atoms. The Hall–Kier alpha value is -1.68. The van der Waals surface area contributed by atoms with Crippen LogP contribution in [0.25, 0.3) is 11.3 Å². The monoisotopic (exact) mass is 329 g/mol. The third-order valence-corrected chi connectivity index (χ3v) is 4.86. The number of halogens is 1. The zero-order valence-electron chi connectivity index (χ0n) is 12.4. The van der Waals surface area contributed by atoms with Gasteiger partial charge in [-0.1, -0.05) is 35.9 Å². The van der Waals surface area contributed by atoms with Crippen molar-refractivity contribution in [1.29, 1.82) is 0 Å². The van der Waals surface area contributed by atoms with Crippen LogP contribution in [0.4, 0.5) is 0 Å². The predicted molar refractivity (Wildman–Crippen MR) is 92.5 cm³/mol. The van der Waals surface area contributed by atoms with Crippen LogP contribution >= 0.6 is 22.9 Å². The van der Waals surface area contributed by atoms with Crippen LogP contribution in [0.3, 0.4) is 0 Å². The van der Waals surface area contributed by atoms with Gasteiger partial charge in [0.2, 0.25) is 0 Å². The highest BCUT2D eigenvalue weighted by Gasteiger charge is 2.15. The van der Waals surface area contributed by atoms with Crippen LogP contribution in [0.15, 0.2) is 47.8 Å². The number of rotatable bonds is 3. The maximum Gasteiger partial charge on any atom is 0.131 e. The topological polar surface area (TPSA) is 33.1 Å². The van der Waals surface area contributed by atoms with Gasteiger partial charge in [-0.15, -0.1) is 11.3 Å². The summed E-state index contributed by atoms with van der Waals surface area (Å²) in [6.45, 7) is 4.18. The lowest BCUT2D eigenvalue weighted by atomic mass is 10.0. The molecule has 4 heteroatoms. The molecule has 0 aliphatic carbocycles. The molecule has 0 fully saturated rings. The first-order valence-corrected chi connectivity index (χ1v) is 8.27. The van der Waals surface area contributed by atoms with E-state index in [1.807, 2.05) is 17.5 Å². The summed E-state index contributed by atoms with van der Waals surface area (Å²) in [6, 6.07) is 13.5. The maximum atomic E-state index is 10.5. The van der Waals surface area contributed by atoms with Gasteiger partial charge in [-0.25, -0.2) is 4.98 Å². The molecular formula is C18H16ClNOS. The van der Waals surface area contributed by atoms with E-state index in [9.17, 15) is 5.11 Å². The largest absolute Gasteiger partial charge is 0.381 e. The summed E-state index contributed by atoms with van der Waals surface area (Å²) in [7, 11) is 0. The number of benzene rings is 2. The van der Waals surface area contributed by atoms with Crippen molar-refractivity contribution in [2.45, 2.75) is 20.0 Å². The van der Waals surface area contributed by atoms with Crippen LogP contribution in [0, 0.1) is 13.8 Å². The Morgan fingerprint density at radius 2 is 1.91 bits per heavy atom. The predicted octanol–water partition coefficient (Wildman–Crippen LogP) is 5.16. The Bertz CT molecular complexity index is 812. The van der Waals surface area contributed by atoms with Gasteiger partial charge < -0.3 is 5.11 Å². The molecule has 1 aromatic heterocycles. The normalized spacial score (nSPS) is 12.4. The number of hydrogen-bond acceptors (Lipinski definition) is 3. The molecule has 2 aromatic carbocycles. The van der Waals surface area contributed by atoms with E-state index in [-0.39, 0.29) is 0 Å². The van der Waals surface area contributed by atoms with Gasteiger partial charge in [-0.05, 0) is 48.7 Å². The highest BCUT2D eigenvalue weighted by atomic mass is 35.5. The Kier molecular flexibility index (Phi) is 4.30. The highest BCUT2D eigenvalue weighted by Crippen LogP contribution is 2.30. The van der Waals surface area contributed by atoms with Crippen molar-refractivity contribution in [1.82, 2.24) is 4.98 Å². The summed E-state index contributed by atoms with van der Waals surface area (Å²) in [5, 5.41) is 13.7. The minimum Gasteiger partial charge on any atom is -0.381 e. The molecule has 3 aromatic rings. The van der Waals surface area contributed by atoms with Gasteiger partial charge in [0.1, 0.15) is 11.1 Å². The Labute approximate surface area is 139 Å². The average Bonchev–Trinajstić information content (AvgIpc) is 2.99. The number of aliphatic hydroxyl groups excluding tert-OH is 1. The lowest BCUT2D eigenvalue weighted by molar-refractivity contribution is 0.220. The van der Waals surface area contributed by atoms with E-state index in [0.29, 0.717) is 10.0 Å². The molecule has 0 saturated heterocycles. The molecule has 0 aliphatic heterocycles. The molecule has 1 atom stereocenters. The molecule has 0 saturated carbocycles. The number of thiazole rings is 1. The first kappa shape index (κ1) is 15.2. The average molecular weight is 330 g/mol. The van der Waals surface area contributed by atoms with Crippen LogP contribution in [0.1, 0.15) is 27.8 Å². The van der Waals surface area contributed by atoms with Crippen molar-refractivity contribution < 1.29 is 5.11 Å². The first-order valence-electron chi connectivity index (χ1n) is 7.01. The Morgan fingerprint density at radius 3 is 2.64 bits per heavy atom. The molecule has 3 rings (SSSR count). The quantitative estimate of drug-likeness (QED) is 0.719. The van der Waals surface area contributed by atoms with Crippen LogP contribution in [-0.4, -0.2) is 10.1 Å². The van der Waals surface area contributed by atoms with Gasteiger partial charge >= 0.3 is 0 Å². The molecule has 0 aliphatic rings. The minimum absolute atomic E-state index is 0.613. The fraction of sp³-hybridized carbons (Fsp3) is 0.167. The number of aliphatic hydroxyl groups is 1. The number of nitrogens with zero attached hydrogens (tertiary/aromatic N) is 1. The van der Waals surface area contributed by atoms with Gasteiger partial charge in [0.05, 0.1) is 5.69 Å². The second kappa shape index (κ2) is 6.21. The van der Waals surface area contributed by atoms with Crippen LogP contribution < -0.4 is 0 Å². The van der Waals surface area contributed by atoms with E-state index >= 15 is 0 Å². The van der Waals surface area contributed by atoms with Crippen molar-refractivity contribution in [3.8, 4) is 11.3 Å². The zero-order chi connectivity index (χ0) is 15.7. The molecule has 2 nitrogen and oxygen atoms in total. The molecule has 0 amide bonds. The summed E-state index contributed by atoms with van der Waals surface area (Å²) in [6.07, 6.45) is -0.746. The lowest BCUT2D eigenvalue weighted by Gasteiger charge is -2.08. The number of aryl methyl sites for hydroxylation is 2. The smallest absolute Gasteiger partial charge is 0.131 e. The van der Waals surface area contributed by atoms with Crippen molar-refractivity contribution in [3.05, 3.63) is 74.6 Å². The van der Waals surface area contributed by atoms with Gasteiger partial charge in [0.15, 0.2) is 0 Å². The van der Waals surface area contributed by atoms with Crippen molar-refractivity contribution >= 4 is 22.9 Å². The summed E-state index contributed by atoms with van der Waals surface area (Å²) < 4.78 is 0. The van der Waals surface area contributed by atoms with Gasteiger partial charge in [-0.3, -0.25) is 0 Å². The van der Waals surface area contributed by atoms with Crippen molar-refractivity contribution in [2.75, 3.05) is 0 Å². The number of aromatic nitrogens is 1. The molecular weight excluding hydrogens is 314 g/mol. The standard InChI is InChI=1S/C18H16ClNOS/c1-11-6-7-13(8-12(11)2)16-10-22-18(20-16)17(21)14-4-3-5-15(19)9-14/h3-10,17,21H,1-2H3. The van der Waals surface area contributed by atoms with Crippen LogP contribution in [-0.2, 0) is 0 Å².